The van der Waals surface area contributed by atoms with Crippen LogP contribution in [0, 0.1) is 5.92 Å². The zero-order valence-corrected chi connectivity index (χ0v) is 10.7. The Hall–Kier alpha value is -0.580. The van der Waals surface area contributed by atoms with Gasteiger partial charge in [-0.2, -0.15) is 0 Å². The molecule has 2 unspecified atom stereocenters. The lowest BCUT2D eigenvalue weighted by atomic mass is 9.95. The first kappa shape index (κ1) is 11.9. The normalized spacial score (nSPS) is 22.2. The SMILES string of the molecule is Nc1c(Br)cccc1C(O)CC1CCNC1. The topological polar surface area (TPSA) is 58.3 Å². The predicted molar refractivity (Wildman–Crippen MR) is 69.1 cm³/mol. The second-order valence-electron chi connectivity index (χ2n) is 4.35. The summed E-state index contributed by atoms with van der Waals surface area (Å²) in [5, 5.41) is 13.5. The lowest BCUT2D eigenvalue weighted by Gasteiger charge is -2.17. The molecule has 0 saturated carbocycles. The van der Waals surface area contributed by atoms with E-state index in [1.54, 1.807) is 0 Å². The van der Waals surface area contributed by atoms with E-state index in [9.17, 15) is 5.11 Å². The van der Waals surface area contributed by atoms with Crippen molar-refractivity contribution in [3.8, 4) is 0 Å². The summed E-state index contributed by atoms with van der Waals surface area (Å²) in [6.45, 7) is 2.07. The van der Waals surface area contributed by atoms with Gasteiger partial charge in [-0.3, -0.25) is 0 Å². The Morgan fingerprint density at radius 3 is 3.06 bits per heavy atom. The predicted octanol–water partition coefficient (Wildman–Crippen LogP) is 2.06. The molecule has 1 aromatic carbocycles. The standard InChI is InChI=1S/C12H17BrN2O/c13-10-3-1-2-9(12(10)14)11(16)6-8-4-5-15-7-8/h1-3,8,11,15-16H,4-7,14H2. The fourth-order valence-electron chi connectivity index (χ4n) is 2.20. The van der Waals surface area contributed by atoms with Crippen LogP contribution in [0.15, 0.2) is 22.7 Å². The number of hydrogen-bond donors (Lipinski definition) is 3. The van der Waals surface area contributed by atoms with Crippen LogP contribution in [0.25, 0.3) is 0 Å². The minimum atomic E-state index is -0.456. The Balaban J connectivity index is 2.07. The number of nitrogen functional groups attached to an aromatic ring is 1. The van der Waals surface area contributed by atoms with Crippen molar-refractivity contribution in [1.82, 2.24) is 5.32 Å². The van der Waals surface area contributed by atoms with Gasteiger partial charge in [0.25, 0.3) is 0 Å². The quantitative estimate of drug-likeness (QED) is 0.745. The molecule has 88 valence electrons. The highest BCUT2D eigenvalue weighted by molar-refractivity contribution is 9.10. The molecule has 4 N–H and O–H groups in total. The maximum atomic E-state index is 10.2. The van der Waals surface area contributed by atoms with Gasteiger partial charge in [0.1, 0.15) is 0 Å². The van der Waals surface area contributed by atoms with Crippen LogP contribution in [0.3, 0.4) is 0 Å². The minimum absolute atomic E-state index is 0.456. The van der Waals surface area contributed by atoms with Gasteiger partial charge < -0.3 is 16.2 Å². The van der Waals surface area contributed by atoms with E-state index in [-0.39, 0.29) is 0 Å². The van der Waals surface area contributed by atoms with Crippen LogP contribution in [-0.2, 0) is 0 Å². The lowest BCUT2D eigenvalue weighted by Crippen LogP contribution is -2.12. The molecule has 1 heterocycles. The molecule has 1 aliphatic rings. The first-order valence-electron chi connectivity index (χ1n) is 5.61. The number of rotatable bonds is 3. The zero-order valence-electron chi connectivity index (χ0n) is 9.12. The molecule has 0 aromatic heterocycles. The van der Waals surface area contributed by atoms with E-state index in [2.05, 4.69) is 21.2 Å². The third kappa shape index (κ3) is 2.56. The smallest absolute Gasteiger partial charge is 0.0813 e. The number of nitrogens with one attached hydrogen (secondary N) is 1. The molecule has 2 atom stereocenters. The highest BCUT2D eigenvalue weighted by Crippen LogP contribution is 2.32. The van der Waals surface area contributed by atoms with Crippen molar-refractivity contribution < 1.29 is 5.11 Å². The third-order valence-corrected chi connectivity index (χ3v) is 3.86. The molecule has 0 bridgehead atoms. The summed E-state index contributed by atoms with van der Waals surface area (Å²) < 4.78 is 0.855. The molecule has 16 heavy (non-hydrogen) atoms. The summed E-state index contributed by atoms with van der Waals surface area (Å²) in [6, 6.07) is 5.70. The minimum Gasteiger partial charge on any atom is -0.398 e. The van der Waals surface area contributed by atoms with Crippen LogP contribution >= 0.6 is 15.9 Å². The summed E-state index contributed by atoms with van der Waals surface area (Å²) in [4.78, 5) is 0. The number of nitrogens with two attached hydrogens (primary N) is 1. The number of halogens is 1. The van der Waals surface area contributed by atoms with Crippen LogP contribution in [0.4, 0.5) is 5.69 Å². The van der Waals surface area contributed by atoms with Crippen LogP contribution in [0.1, 0.15) is 24.5 Å². The van der Waals surface area contributed by atoms with E-state index in [4.69, 9.17) is 5.73 Å². The van der Waals surface area contributed by atoms with Gasteiger partial charge in [0.2, 0.25) is 0 Å². The first-order chi connectivity index (χ1) is 7.68. The van der Waals surface area contributed by atoms with E-state index < -0.39 is 6.10 Å². The second-order valence-corrected chi connectivity index (χ2v) is 5.21. The maximum Gasteiger partial charge on any atom is 0.0813 e. The Bertz CT molecular complexity index is 364. The number of anilines is 1. The van der Waals surface area contributed by atoms with Crippen molar-refractivity contribution in [2.75, 3.05) is 18.8 Å². The Morgan fingerprint density at radius 2 is 2.38 bits per heavy atom. The molecule has 0 radical (unpaired) electrons. The van der Waals surface area contributed by atoms with Crippen molar-refractivity contribution in [3.05, 3.63) is 28.2 Å². The molecule has 1 aromatic rings. The van der Waals surface area contributed by atoms with Crippen LogP contribution in [0.5, 0.6) is 0 Å². The van der Waals surface area contributed by atoms with Gasteiger partial charge in [-0.1, -0.05) is 12.1 Å². The van der Waals surface area contributed by atoms with Crippen molar-refractivity contribution in [2.45, 2.75) is 18.9 Å². The second kappa shape index (κ2) is 5.17. The van der Waals surface area contributed by atoms with E-state index in [0.717, 1.165) is 36.0 Å². The van der Waals surface area contributed by atoms with E-state index in [1.807, 2.05) is 18.2 Å². The summed E-state index contributed by atoms with van der Waals surface area (Å²) in [7, 11) is 0. The van der Waals surface area contributed by atoms with E-state index in [1.165, 1.54) is 0 Å². The Morgan fingerprint density at radius 1 is 1.56 bits per heavy atom. The van der Waals surface area contributed by atoms with Gasteiger partial charge in [-0.15, -0.1) is 0 Å². The fourth-order valence-corrected chi connectivity index (χ4v) is 2.58. The lowest BCUT2D eigenvalue weighted by molar-refractivity contribution is 0.148. The molecule has 2 rings (SSSR count). The average molecular weight is 285 g/mol. The van der Waals surface area contributed by atoms with E-state index in [0.29, 0.717) is 11.6 Å². The average Bonchev–Trinajstić information content (AvgIpc) is 2.74. The molecule has 0 amide bonds. The summed E-state index contributed by atoms with van der Waals surface area (Å²) in [5.41, 5.74) is 7.42. The monoisotopic (exact) mass is 284 g/mol. The number of para-hydroxylation sites is 1. The van der Waals surface area contributed by atoms with Gasteiger partial charge >= 0.3 is 0 Å². The van der Waals surface area contributed by atoms with Gasteiger partial charge in [0.05, 0.1) is 11.8 Å². The first-order valence-corrected chi connectivity index (χ1v) is 6.40. The molecule has 0 aliphatic carbocycles. The summed E-state index contributed by atoms with van der Waals surface area (Å²) in [5.74, 6) is 0.563. The highest BCUT2D eigenvalue weighted by Gasteiger charge is 2.21. The Kier molecular flexibility index (Phi) is 3.84. The number of aliphatic hydroxyl groups excluding tert-OH is 1. The summed E-state index contributed by atoms with van der Waals surface area (Å²) >= 11 is 3.38. The molecule has 1 saturated heterocycles. The molecule has 1 aliphatic heterocycles. The maximum absolute atomic E-state index is 10.2. The van der Waals surface area contributed by atoms with Crippen LogP contribution in [0.2, 0.25) is 0 Å². The number of aliphatic hydroxyl groups is 1. The number of hydrogen-bond acceptors (Lipinski definition) is 3. The van der Waals surface area contributed by atoms with Gasteiger partial charge in [-0.05, 0) is 53.8 Å². The molecule has 1 fully saturated rings. The van der Waals surface area contributed by atoms with Crippen molar-refractivity contribution >= 4 is 21.6 Å². The molecule has 4 heteroatoms. The molecular weight excluding hydrogens is 268 g/mol. The van der Waals surface area contributed by atoms with Gasteiger partial charge in [0.15, 0.2) is 0 Å². The molecule has 0 spiro atoms. The fraction of sp³-hybridized carbons (Fsp3) is 0.500. The van der Waals surface area contributed by atoms with Gasteiger partial charge in [0, 0.05) is 10.0 Å². The number of benzene rings is 1. The highest BCUT2D eigenvalue weighted by atomic mass is 79.9. The molecule has 3 nitrogen and oxygen atoms in total. The van der Waals surface area contributed by atoms with Crippen LogP contribution < -0.4 is 11.1 Å². The zero-order chi connectivity index (χ0) is 11.5. The van der Waals surface area contributed by atoms with Crippen LogP contribution in [-0.4, -0.2) is 18.2 Å². The summed E-state index contributed by atoms with van der Waals surface area (Å²) in [6.07, 6.45) is 1.47. The largest absolute Gasteiger partial charge is 0.398 e. The molecular formula is C12H17BrN2O. The Labute approximate surface area is 104 Å². The third-order valence-electron chi connectivity index (χ3n) is 3.16. The van der Waals surface area contributed by atoms with Crippen molar-refractivity contribution in [2.24, 2.45) is 5.92 Å². The van der Waals surface area contributed by atoms with Gasteiger partial charge in [-0.25, -0.2) is 0 Å². The van der Waals surface area contributed by atoms with Crippen molar-refractivity contribution in [1.29, 1.82) is 0 Å². The van der Waals surface area contributed by atoms with Crippen molar-refractivity contribution in [3.63, 3.8) is 0 Å². The van der Waals surface area contributed by atoms with E-state index >= 15 is 0 Å².